The molecule has 1 N–H and O–H groups in total. The minimum absolute atomic E-state index is 0.0153. The molecule has 1 amide bonds. The number of nitrogens with zero attached hydrogens (tertiary/aromatic N) is 3. The number of likely N-dealkylation sites (tertiary alicyclic amines) is 1. The summed E-state index contributed by atoms with van der Waals surface area (Å²) in [4.78, 5) is 34.4. The average molecular weight is 480 g/mol. The highest BCUT2D eigenvalue weighted by molar-refractivity contribution is 6.46. The largest absolute Gasteiger partial charge is 0.507 e. The van der Waals surface area contributed by atoms with Crippen LogP contribution in [0.3, 0.4) is 0 Å². The molecule has 35 heavy (non-hydrogen) atoms. The van der Waals surface area contributed by atoms with Gasteiger partial charge < -0.3 is 19.5 Å². The van der Waals surface area contributed by atoms with Crippen molar-refractivity contribution in [2.45, 2.75) is 39.3 Å². The second-order valence-corrected chi connectivity index (χ2v) is 9.23. The van der Waals surface area contributed by atoms with Gasteiger partial charge in [-0.3, -0.25) is 19.5 Å². The van der Waals surface area contributed by atoms with Gasteiger partial charge in [0.1, 0.15) is 11.5 Å². The van der Waals surface area contributed by atoms with Gasteiger partial charge in [0.15, 0.2) is 0 Å². The maximum Gasteiger partial charge on any atom is 0.295 e. The number of aromatic nitrogens is 1. The van der Waals surface area contributed by atoms with E-state index in [4.69, 9.17) is 9.47 Å². The monoisotopic (exact) mass is 479 g/mol. The minimum Gasteiger partial charge on any atom is -0.507 e. The van der Waals surface area contributed by atoms with Crippen molar-refractivity contribution < 1.29 is 24.2 Å². The lowest BCUT2D eigenvalue weighted by Crippen LogP contribution is -2.39. The number of ether oxygens (including phenoxy) is 2. The summed E-state index contributed by atoms with van der Waals surface area (Å²) in [7, 11) is 0. The Bertz CT molecular complexity index is 1090. The summed E-state index contributed by atoms with van der Waals surface area (Å²) in [5.41, 5.74) is 2.08. The number of aryl methyl sites for hydroxylation is 1. The molecular weight excluding hydrogens is 446 g/mol. The molecule has 2 aromatic rings. The van der Waals surface area contributed by atoms with E-state index in [0.29, 0.717) is 43.1 Å². The zero-order valence-corrected chi connectivity index (χ0v) is 20.6. The summed E-state index contributed by atoms with van der Waals surface area (Å²) >= 11 is 0. The van der Waals surface area contributed by atoms with Crippen molar-refractivity contribution in [1.29, 1.82) is 0 Å². The highest BCUT2D eigenvalue weighted by Crippen LogP contribution is 2.39. The number of ketones is 1. The molecule has 1 atom stereocenters. The predicted molar refractivity (Wildman–Crippen MR) is 132 cm³/mol. The smallest absolute Gasteiger partial charge is 0.295 e. The van der Waals surface area contributed by atoms with Gasteiger partial charge in [0.2, 0.25) is 0 Å². The highest BCUT2D eigenvalue weighted by Gasteiger charge is 2.46. The summed E-state index contributed by atoms with van der Waals surface area (Å²) in [5, 5.41) is 11.3. The molecule has 1 unspecified atom stereocenters. The Morgan fingerprint density at radius 3 is 2.63 bits per heavy atom. The lowest BCUT2D eigenvalue weighted by Gasteiger charge is -2.29. The van der Waals surface area contributed by atoms with Gasteiger partial charge in [0, 0.05) is 44.1 Å². The molecule has 0 saturated carbocycles. The SMILES string of the molecule is Cc1cc(C(O)=C2C(=O)C(=O)N(CCCN3CCOCC3)C2c2cccnc2)ccc1OC(C)C. The number of hydrogen-bond donors (Lipinski definition) is 1. The van der Waals surface area contributed by atoms with Crippen LogP contribution in [0, 0.1) is 6.92 Å². The van der Waals surface area contributed by atoms with Crippen LogP contribution in [-0.4, -0.2) is 77.1 Å². The fourth-order valence-corrected chi connectivity index (χ4v) is 4.62. The molecule has 0 aliphatic carbocycles. The normalized spacial score (nSPS) is 20.6. The average Bonchev–Trinajstić information content (AvgIpc) is 3.11. The molecular formula is C27H33N3O5. The van der Waals surface area contributed by atoms with Crippen LogP contribution in [0.15, 0.2) is 48.3 Å². The lowest BCUT2D eigenvalue weighted by atomic mass is 9.95. The lowest BCUT2D eigenvalue weighted by molar-refractivity contribution is -0.140. The van der Waals surface area contributed by atoms with Crippen molar-refractivity contribution in [3.05, 3.63) is 65.0 Å². The number of pyridine rings is 1. The summed E-state index contributed by atoms with van der Waals surface area (Å²) < 4.78 is 11.2. The van der Waals surface area contributed by atoms with Crippen LogP contribution in [-0.2, 0) is 14.3 Å². The van der Waals surface area contributed by atoms with E-state index in [-0.39, 0.29) is 17.4 Å². The number of amides is 1. The molecule has 1 aromatic carbocycles. The highest BCUT2D eigenvalue weighted by atomic mass is 16.5. The zero-order chi connectivity index (χ0) is 24.9. The molecule has 1 aromatic heterocycles. The molecule has 0 bridgehead atoms. The standard InChI is InChI=1S/C27H33N3O5/c1-18(2)35-22-8-7-20(16-19(22)3)25(31)23-24(21-6-4-9-28-17-21)30(27(33)26(23)32)11-5-10-29-12-14-34-15-13-29/h4,6-9,16-18,24,31H,5,10-15H2,1-3H3. The molecule has 2 saturated heterocycles. The van der Waals surface area contributed by atoms with Crippen molar-refractivity contribution in [1.82, 2.24) is 14.8 Å². The second kappa shape index (κ2) is 11.0. The quantitative estimate of drug-likeness (QED) is 0.353. The second-order valence-electron chi connectivity index (χ2n) is 9.23. The molecule has 0 radical (unpaired) electrons. The van der Waals surface area contributed by atoms with E-state index < -0.39 is 17.7 Å². The topological polar surface area (TPSA) is 92.2 Å². The first-order valence-corrected chi connectivity index (χ1v) is 12.1. The summed E-state index contributed by atoms with van der Waals surface area (Å²) in [6.45, 7) is 10.1. The number of carbonyl (C=O) groups excluding carboxylic acids is 2. The third-order valence-electron chi connectivity index (χ3n) is 6.33. The number of aliphatic hydroxyl groups excluding tert-OH is 1. The van der Waals surface area contributed by atoms with E-state index in [2.05, 4.69) is 9.88 Å². The molecule has 186 valence electrons. The van der Waals surface area contributed by atoms with Crippen molar-refractivity contribution in [3.63, 3.8) is 0 Å². The van der Waals surface area contributed by atoms with Gasteiger partial charge in [-0.05, 0) is 62.6 Å². The molecule has 8 nitrogen and oxygen atoms in total. The Morgan fingerprint density at radius 2 is 1.97 bits per heavy atom. The Kier molecular flexibility index (Phi) is 7.83. The van der Waals surface area contributed by atoms with Gasteiger partial charge in [0.25, 0.3) is 11.7 Å². The Morgan fingerprint density at radius 1 is 1.20 bits per heavy atom. The number of morpholine rings is 1. The molecule has 4 rings (SSSR count). The van der Waals surface area contributed by atoms with Crippen LogP contribution in [0.1, 0.15) is 43.0 Å². The maximum absolute atomic E-state index is 13.2. The van der Waals surface area contributed by atoms with Crippen molar-refractivity contribution in [2.75, 3.05) is 39.4 Å². The fourth-order valence-electron chi connectivity index (χ4n) is 4.62. The van der Waals surface area contributed by atoms with Crippen molar-refractivity contribution >= 4 is 17.4 Å². The van der Waals surface area contributed by atoms with Crippen LogP contribution in [0.2, 0.25) is 0 Å². The predicted octanol–water partition coefficient (Wildman–Crippen LogP) is 3.32. The first-order chi connectivity index (χ1) is 16.9. The van der Waals surface area contributed by atoms with E-state index in [1.165, 1.54) is 0 Å². The van der Waals surface area contributed by atoms with Crippen molar-refractivity contribution in [3.8, 4) is 5.75 Å². The fraction of sp³-hybridized carbons (Fsp3) is 0.444. The third-order valence-corrected chi connectivity index (χ3v) is 6.33. The van der Waals surface area contributed by atoms with Crippen LogP contribution in [0.5, 0.6) is 5.75 Å². The van der Waals surface area contributed by atoms with Gasteiger partial charge >= 0.3 is 0 Å². The number of benzene rings is 1. The third kappa shape index (κ3) is 5.55. The maximum atomic E-state index is 13.2. The van der Waals surface area contributed by atoms with Crippen molar-refractivity contribution in [2.24, 2.45) is 0 Å². The molecule has 2 aliphatic rings. The molecule has 3 heterocycles. The van der Waals surface area contributed by atoms with E-state index in [0.717, 1.165) is 25.2 Å². The first kappa shape index (κ1) is 24.9. The molecule has 2 aliphatic heterocycles. The molecule has 0 spiro atoms. The van der Waals surface area contributed by atoms with E-state index in [9.17, 15) is 14.7 Å². The zero-order valence-electron chi connectivity index (χ0n) is 20.6. The number of Topliss-reactive ketones (excluding diaryl/α,β-unsaturated/α-hetero) is 1. The van der Waals surface area contributed by atoms with Gasteiger partial charge in [-0.25, -0.2) is 0 Å². The van der Waals surface area contributed by atoms with Gasteiger partial charge in [0.05, 0.1) is 30.9 Å². The van der Waals surface area contributed by atoms with Gasteiger partial charge in [-0.15, -0.1) is 0 Å². The van der Waals surface area contributed by atoms with Crippen LogP contribution < -0.4 is 4.74 Å². The van der Waals surface area contributed by atoms with E-state index >= 15 is 0 Å². The Hall–Kier alpha value is -3.23. The van der Waals surface area contributed by atoms with Crippen LogP contribution in [0.4, 0.5) is 0 Å². The van der Waals surface area contributed by atoms with Gasteiger partial charge in [-0.2, -0.15) is 0 Å². The molecule has 8 heteroatoms. The summed E-state index contributed by atoms with van der Waals surface area (Å²) in [6.07, 6.45) is 4.01. The number of hydrogen-bond acceptors (Lipinski definition) is 7. The van der Waals surface area contributed by atoms with E-state index in [1.807, 2.05) is 26.8 Å². The summed E-state index contributed by atoms with van der Waals surface area (Å²) in [6, 6.07) is 8.18. The minimum atomic E-state index is -0.694. The van der Waals surface area contributed by atoms with Gasteiger partial charge in [-0.1, -0.05) is 6.07 Å². The molecule has 2 fully saturated rings. The first-order valence-electron chi connectivity index (χ1n) is 12.1. The summed E-state index contributed by atoms with van der Waals surface area (Å²) in [5.74, 6) is -0.752. The number of aliphatic hydroxyl groups is 1. The Labute approximate surface area is 206 Å². The van der Waals surface area contributed by atoms with E-state index in [1.54, 1.807) is 41.6 Å². The number of rotatable bonds is 8. The van der Waals surface area contributed by atoms with Crippen LogP contribution in [0.25, 0.3) is 5.76 Å². The number of carbonyl (C=O) groups is 2. The van der Waals surface area contributed by atoms with Crippen LogP contribution >= 0.6 is 0 Å². The Balaban J connectivity index is 1.65.